The molecule has 6 heteroatoms. The van der Waals surface area contributed by atoms with Crippen molar-refractivity contribution in [3.8, 4) is 0 Å². The van der Waals surface area contributed by atoms with E-state index in [1.165, 1.54) is 193 Å². The van der Waals surface area contributed by atoms with Crippen LogP contribution < -0.4 is 5.32 Å². The minimum Gasteiger partial charge on any atom is -0.462 e. The number of hydrogen-bond acceptors (Lipinski definition) is 5. The van der Waals surface area contributed by atoms with Crippen LogP contribution in [0.5, 0.6) is 0 Å². The van der Waals surface area contributed by atoms with Gasteiger partial charge >= 0.3 is 5.97 Å². The standard InChI is InChI=1S/C57H109NO5/c1-4-7-10-13-16-19-22-25-27-29-32-35-38-41-44-47-50-57(62)63-53(48-45-42-39-36-33-31-28-26-23-20-17-14-11-8-5-2)51-56(61)58-54(52-59)55(60)49-46-43-40-37-34-30-24-21-18-15-12-9-6-3/h17,20,26,28,53-55,59-60H,4-16,18-19,21-25,27,29-52H2,1-3H3,(H,58,61)/b20-17-,28-26-. The molecule has 3 N–H and O–H groups in total. The third-order valence-corrected chi connectivity index (χ3v) is 13.0. The van der Waals surface area contributed by atoms with E-state index in [-0.39, 0.29) is 24.9 Å². The van der Waals surface area contributed by atoms with E-state index in [2.05, 4.69) is 50.4 Å². The molecule has 3 atom stereocenters. The fourth-order valence-electron chi connectivity index (χ4n) is 8.76. The van der Waals surface area contributed by atoms with Gasteiger partial charge in [-0.3, -0.25) is 9.59 Å². The lowest BCUT2D eigenvalue weighted by Crippen LogP contribution is -2.46. The monoisotopic (exact) mass is 888 g/mol. The van der Waals surface area contributed by atoms with Gasteiger partial charge in [-0.25, -0.2) is 0 Å². The SMILES string of the molecule is CCCCC/C=C\C/C=C\CCCCCCCC(CC(=O)NC(CO)C(O)CCCCCCCCCCCCCCC)OC(=O)CCCCCCCCCCCCCCCCCC. The normalized spacial score (nSPS) is 13.3. The fraction of sp³-hybridized carbons (Fsp3) is 0.895. The highest BCUT2D eigenvalue weighted by Crippen LogP contribution is 2.19. The zero-order valence-corrected chi connectivity index (χ0v) is 42.5. The Morgan fingerprint density at radius 1 is 0.460 bits per heavy atom. The Hall–Kier alpha value is -1.66. The summed E-state index contributed by atoms with van der Waals surface area (Å²) in [4.78, 5) is 26.2. The van der Waals surface area contributed by atoms with Gasteiger partial charge in [-0.15, -0.1) is 0 Å². The van der Waals surface area contributed by atoms with Crippen LogP contribution in [0.1, 0.15) is 303 Å². The Kier molecular flexibility index (Phi) is 50.0. The number of ether oxygens (including phenoxy) is 1. The van der Waals surface area contributed by atoms with Crippen molar-refractivity contribution in [2.45, 2.75) is 322 Å². The average molecular weight is 889 g/mol. The molecule has 3 unspecified atom stereocenters. The molecule has 0 rings (SSSR count). The van der Waals surface area contributed by atoms with Crippen LogP contribution in [0.25, 0.3) is 0 Å². The lowest BCUT2D eigenvalue weighted by atomic mass is 10.0. The number of unbranched alkanes of at least 4 members (excludes halogenated alkanes) is 35. The number of carbonyl (C=O) groups excluding carboxylic acids is 2. The van der Waals surface area contributed by atoms with E-state index in [1.54, 1.807) is 0 Å². The van der Waals surface area contributed by atoms with Crippen LogP contribution in [0.3, 0.4) is 0 Å². The molecule has 1 amide bonds. The molecule has 0 aliphatic heterocycles. The number of hydrogen-bond donors (Lipinski definition) is 3. The Balaban J connectivity index is 4.55. The number of carbonyl (C=O) groups is 2. The highest BCUT2D eigenvalue weighted by Gasteiger charge is 2.24. The van der Waals surface area contributed by atoms with Crippen LogP contribution in [0.4, 0.5) is 0 Å². The summed E-state index contributed by atoms with van der Waals surface area (Å²) in [5, 5.41) is 23.8. The molecule has 0 aliphatic carbocycles. The molecule has 63 heavy (non-hydrogen) atoms. The minimum absolute atomic E-state index is 0.0739. The summed E-state index contributed by atoms with van der Waals surface area (Å²) in [7, 11) is 0. The molecule has 0 aromatic rings. The second-order valence-electron chi connectivity index (χ2n) is 19.3. The number of rotatable bonds is 51. The molecule has 0 spiro atoms. The summed E-state index contributed by atoms with van der Waals surface area (Å²) in [6.45, 7) is 6.49. The van der Waals surface area contributed by atoms with E-state index < -0.39 is 18.2 Å². The molecular weight excluding hydrogens is 779 g/mol. The highest BCUT2D eigenvalue weighted by molar-refractivity contribution is 5.77. The Bertz CT molecular complexity index is 997. The summed E-state index contributed by atoms with van der Waals surface area (Å²) in [6, 6.07) is -0.702. The summed E-state index contributed by atoms with van der Waals surface area (Å²) >= 11 is 0. The topological polar surface area (TPSA) is 95.9 Å². The fourth-order valence-corrected chi connectivity index (χ4v) is 8.76. The van der Waals surface area contributed by atoms with Crippen molar-refractivity contribution in [1.82, 2.24) is 5.32 Å². The van der Waals surface area contributed by atoms with Crippen LogP contribution in [0.15, 0.2) is 24.3 Å². The van der Waals surface area contributed by atoms with Crippen LogP contribution >= 0.6 is 0 Å². The lowest BCUT2D eigenvalue weighted by Gasteiger charge is -2.24. The van der Waals surface area contributed by atoms with E-state index in [9.17, 15) is 19.8 Å². The third kappa shape index (κ3) is 46.7. The van der Waals surface area contributed by atoms with Gasteiger partial charge in [0.25, 0.3) is 0 Å². The minimum atomic E-state index is -0.788. The molecule has 0 bridgehead atoms. The van der Waals surface area contributed by atoms with E-state index in [0.29, 0.717) is 19.3 Å². The molecule has 0 aliphatic rings. The average Bonchev–Trinajstić information content (AvgIpc) is 3.28. The number of amides is 1. The van der Waals surface area contributed by atoms with Gasteiger partial charge in [-0.2, -0.15) is 0 Å². The van der Waals surface area contributed by atoms with E-state index in [1.807, 2.05) is 0 Å². The first kappa shape index (κ1) is 61.3. The van der Waals surface area contributed by atoms with E-state index >= 15 is 0 Å². The van der Waals surface area contributed by atoms with Gasteiger partial charge in [0.1, 0.15) is 6.10 Å². The zero-order valence-electron chi connectivity index (χ0n) is 42.5. The van der Waals surface area contributed by atoms with Crippen molar-refractivity contribution in [3.05, 3.63) is 24.3 Å². The third-order valence-electron chi connectivity index (χ3n) is 13.0. The number of aliphatic hydroxyl groups is 2. The van der Waals surface area contributed by atoms with Gasteiger partial charge in [0, 0.05) is 6.42 Å². The van der Waals surface area contributed by atoms with Crippen molar-refractivity contribution < 1.29 is 24.5 Å². The van der Waals surface area contributed by atoms with Crippen molar-refractivity contribution >= 4 is 11.9 Å². The maximum absolute atomic E-state index is 13.2. The van der Waals surface area contributed by atoms with Crippen LogP contribution in [-0.4, -0.2) is 46.9 Å². The quantitative estimate of drug-likeness (QED) is 0.0321. The number of aliphatic hydroxyl groups excluding tert-OH is 2. The van der Waals surface area contributed by atoms with E-state index in [4.69, 9.17) is 4.74 Å². The number of allylic oxidation sites excluding steroid dienone is 4. The van der Waals surface area contributed by atoms with Gasteiger partial charge < -0.3 is 20.3 Å². The molecule has 0 radical (unpaired) electrons. The molecule has 0 aromatic carbocycles. The maximum Gasteiger partial charge on any atom is 0.306 e. The lowest BCUT2D eigenvalue weighted by molar-refractivity contribution is -0.151. The van der Waals surface area contributed by atoms with E-state index in [0.717, 1.165) is 64.2 Å². The molecule has 372 valence electrons. The van der Waals surface area contributed by atoms with Gasteiger partial charge in [-0.05, 0) is 57.8 Å². The smallest absolute Gasteiger partial charge is 0.306 e. The molecule has 0 fully saturated rings. The Morgan fingerprint density at radius 2 is 0.810 bits per heavy atom. The van der Waals surface area contributed by atoms with Crippen LogP contribution in [0, 0.1) is 0 Å². The Morgan fingerprint density at radius 3 is 1.24 bits per heavy atom. The van der Waals surface area contributed by atoms with Crippen LogP contribution in [0.2, 0.25) is 0 Å². The predicted octanol–water partition coefficient (Wildman–Crippen LogP) is 17.1. The number of esters is 1. The zero-order chi connectivity index (χ0) is 45.9. The Labute approximate surface area is 392 Å². The van der Waals surface area contributed by atoms with Gasteiger partial charge in [-0.1, -0.05) is 257 Å². The second kappa shape index (κ2) is 51.3. The first-order valence-corrected chi connectivity index (χ1v) is 28.1. The first-order valence-electron chi connectivity index (χ1n) is 28.1. The van der Waals surface area contributed by atoms with Gasteiger partial charge in [0.15, 0.2) is 0 Å². The van der Waals surface area contributed by atoms with Crippen molar-refractivity contribution in [2.75, 3.05) is 6.61 Å². The van der Waals surface area contributed by atoms with Crippen molar-refractivity contribution in [3.63, 3.8) is 0 Å². The highest BCUT2D eigenvalue weighted by atomic mass is 16.5. The summed E-state index contributed by atoms with van der Waals surface area (Å²) in [5.74, 6) is -0.469. The van der Waals surface area contributed by atoms with Crippen molar-refractivity contribution in [2.24, 2.45) is 0 Å². The number of nitrogens with one attached hydrogen (secondary N) is 1. The van der Waals surface area contributed by atoms with Gasteiger partial charge in [0.05, 0.1) is 25.2 Å². The molecule has 0 saturated carbocycles. The van der Waals surface area contributed by atoms with Crippen molar-refractivity contribution in [1.29, 1.82) is 0 Å². The summed E-state index contributed by atoms with van der Waals surface area (Å²) in [6.07, 6.45) is 59.5. The molecule has 6 nitrogen and oxygen atoms in total. The summed E-state index contributed by atoms with van der Waals surface area (Å²) < 4.78 is 5.95. The van der Waals surface area contributed by atoms with Crippen LogP contribution in [-0.2, 0) is 14.3 Å². The molecular formula is C57H109NO5. The molecule has 0 saturated heterocycles. The largest absolute Gasteiger partial charge is 0.462 e. The first-order chi connectivity index (χ1) is 31.0. The molecule has 0 aromatic heterocycles. The maximum atomic E-state index is 13.2. The van der Waals surface area contributed by atoms with Gasteiger partial charge in [0.2, 0.25) is 5.91 Å². The summed E-state index contributed by atoms with van der Waals surface area (Å²) in [5.41, 5.74) is 0. The molecule has 0 heterocycles. The predicted molar refractivity (Wildman–Crippen MR) is 273 cm³/mol. The second-order valence-corrected chi connectivity index (χ2v) is 19.3.